The zero-order valence-corrected chi connectivity index (χ0v) is 10.00. The fraction of sp³-hybridized carbons (Fsp3) is 0.364. The molecule has 17 heavy (non-hydrogen) atoms. The van der Waals surface area contributed by atoms with Crippen molar-refractivity contribution >= 4 is 11.6 Å². The third-order valence-corrected chi connectivity index (χ3v) is 2.56. The number of fused-ring (bicyclic) bond motifs is 1. The number of aryl methyl sites for hydroxylation is 2. The lowest BCUT2D eigenvalue weighted by Gasteiger charge is -2.05. The molecule has 0 bridgehead atoms. The standard InChI is InChI=1S/C11H14N4O2/c1-6-4-10-13-7(2)9(5-12-8(3)16)11(17)15(10)14-6/h4,14H,5H2,1-3H3,(H,12,16). The van der Waals surface area contributed by atoms with Crippen molar-refractivity contribution in [3.8, 4) is 0 Å². The summed E-state index contributed by atoms with van der Waals surface area (Å²) in [6.07, 6.45) is 0. The molecule has 2 heterocycles. The second-order valence-corrected chi connectivity index (χ2v) is 4.02. The molecule has 0 unspecified atom stereocenters. The van der Waals surface area contributed by atoms with Gasteiger partial charge in [-0.15, -0.1) is 0 Å². The molecule has 0 fully saturated rings. The molecule has 6 nitrogen and oxygen atoms in total. The summed E-state index contributed by atoms with van der Waals surface area (Å²) in [7, 11) is 0. The Bertz CT molecular complexity index is 639. The number of aromatic amines is 1. The van der Waals surface area contributed by atoms with Crippen LogP contribution in [0.2, 0.25) is 0 Å². The molecular formula is C11H14N4O2. The van der Waals surface area contributed by atoms with Crippen molar-refractivity contribution in [2.45, 2.75) is 27.3 Å². The number of hydrogen-bond donors (Lipinski definition) is 2. The first kappa shape index (κ1) is 11.4. The SMILES string of the molecule is CC(=O)NCc1c(C)nc2cc(C)[nH]n2c1=O. The van der Waals surface area contributed by atoms with Crippen molar-refractivity contribution in [3.05, 3.63) is 33.4 Å². The Kier molecular flexibility index (Phi) is 2.71. The third-order valence-electron chi connectivity index (χ3n) is 2.56. The predicted molar refractivity (Wildman–Crippen MR) is 62.8 cm³/mol. The zero-order chi connectivity index (χ0) is 12.6. The molecule has 0 aromatic carbocycles. The Morgan fingerprint density at radius 2 is 2.24 bits per heavy atom. The van der Waals surface area contributed by atoms with Gasteiger partial charge in [0.05, 0.1) is 17.8 Å². The number of nitrogens with one attached hydrogen (secondary N) is 2. The van der Waals surface area contributed by atoms with Crippen LogP contribution in [0, 0.1) is 13.8 Å². The maximum Gasteiger partial charge on any atom is 0.277 e. The molecule has 0 atom stereocenters. The van der Waals surface area contributed by atoms with Crippen LogP contribution in [0.3, 0.4) is 0 Å². The second kappa shape index (κ2) is 4.04. The van der Waals surface area contributed by atoms with Gasteiger partial charge in [-0.2, -0.15) is 0 Å². The van der Waals surface area contributed by atoms with Crippen LogP contribution in [0.5, 0.6) is 0 Å². The van der Waals surface area contributed by atoms with Crippen LogP contribution in [0.4, 0.5) is 0 Å². The van der Waals surface area contributed by atoms with Gasteiger partial charge >= 0.3 is 0 Å². The van der Waals surface area contributed by atoms with Crippen LogP contribution in [-0.4, -0.2) is 20.5 Å². The van der Waals surface area contributed by atoms with Crippen molar-refractivity contribution in [1.29, 1.82) is 0 Å². The maximum absolute atomic E-state index is 12.1. The van der Waals surface area contributed by atoms with E-state index < -0.39 is 0 Å². The number of hydrogen-bond acceptors (Lipinski definition) is 3. The van der Waals surface area contributed by atoms with E-state index in [2.05, 4.69) is 15.4 Å². The normalized spacial score (nSPS) is 10.8. The van der Waals surface area contributed by atoms with E-state index in [-0.39, 0.29) is 18.0 Å². The number of rotatable bonds is 2. The molecule has 1 amide bonds. The van der Waals surface area contributed by atoms with E-state index in [1.807, 2.05) is 6.92 Å². The Hall–Kier alpha value is -2.11. The fourth-order valence-corrected chi connectivity index (χ4v) is 1.71. The monoisotopic (exact) mass is 234 g/mol. The molecule has 2 aromatic heterocycles. The minimum Gasteiger partial charge on any atom is -0.352 e. The van der Waals surface area contributed by atoms with E-state index in [4.69, 9.17) is 0 Å². The Morgan fingerprint density at radius 1 is 1.53 bits per heavy atom. The average molecular weight is 234 g/mol. The molecule has 0 saturated carbocycles. The summed E-state index contributed by atoms with van der Waals surface area (Å²) in [6.45, 7) is 5.24. The summed E-state index contributed by atoms with van der Waals surface area (Å²) in [6, 6.07) is 1.80. The number of aromatic nitrogens is 3. The highest BCUT2D eigenvalue weighted by Gasteiger charge is 2.11. The molecule has 2 rings (SSSR count). The van der Waals surface area contributed by atoms with Gasteiger partial charge in [-0.3, -0.25) is 14.7 Å². The summed E-state index contributed by atoms with van der Waals surface area (Å²) in [5.74, 6) is -0.170. The van der Waals surface area contributed by atoms with Crippen molar-refractivity contribution in [2.75, 3.05) is 0 Å². The molecule has 6 heteroatoms. The van der Waals surface area contributed by atoms with Crippen LogP contribution in [0.25, 0.3) is 5.65 Å². The quantitative estimate of drug-likeness (QED) is 0.783. The largest absolute Gasteiger partial charge is 0.352 e. The second-order valence-electron chi connectivity index (χ2n) is 4.02. The van der Waals surface area contributed by atoms with Crippen molar-refractivity contribution in [2.24, 2.45) is 0 Å². The molecular weight excluding hydrogens is 220 g/mol. The van der Waals surface area contributed by atoms with Gasteiger partial charge in [0.25, 0.3) is 5.56 Å². The van der Waals surface area contributed by atoms with Crippen molar-refractivity contribution in [3.63, 3.8) is 0 Å². The fourth-order valence-electron chi connectivity index (χ4n) is 1.71. The predicted octanol–water partition coefficient (Wildman–Crippen LogP) is 0.276. The number of amides is 1. The lowest BCUT2D eigenvalue weighted by atomic mass is 10.2. The molecule has 0 aliphatic heterocycles. The summed E-state index contributed by atoms with van der Waals surface area (Å²) < 4.78 is 1.39. The highest BCUT2D eigenvalue weighted by atomic mass is 16.1. The summed E-state index contributed by atoms with van der Waals surface area (Å²) in [5, 5.41) is 5.52. The third kappa shape index (κ3) is 2.06. The van der Waals surface area contributed by atoms with Crippen LogP contribution < -0.4 is 10.9 Å². The topological polar surface area (TPSA) is 79.3 Å². The summed E-state index contributed by atoms with van der Waals surface area (Å²) >= 11 is 0. The lowest BCUT2D eigenvalue weighted by molar-refractivity contribution is -0.119. The number of H-pyrrole nitrogens is 1. The van der Waals surface area contributed by atoms with E-state index in [1.165, 1.54) is 11.4 Å². The van der Waals surface area contributed by atoms with Crippen LogP contribution in [0.1, 0.15) is 23.9 Å². The number of carbonyl (C=O) groups excluding carboxylic acids is 1. The van der Waals surface area contributed by atoms with Gasteiger partial charge in [0, 0.05) is 18.7 Å². The van der Waals surface area contributed by atoms with Crippen LogP contribution in [-0.2, 0) is 11.3 Å². The minimum absolute atomic E-state index is 0.170. The van der Waals surface area contributed by atoms with E-state index in [0.717, 1.165) is 5.69 Å². The van der Waals surface area contributed by atoms with Crippen LogP contribution in [0.15, 0.2) is 10.9 Å². The molecule has 0 saturated heterocycles. The smallest absolute Gasteiger partial charge is 0.277 e. The van der Waals surface area contributed by atoms with E-state index in [9.17, 15) is 9.59 Å². The minimum atomic E-state index is -0.172. The van der Waals surface area contributed by atoms with Gasteiger partial charge in [-0.1, -0.05) is 0 Å². The van der Waals surface area contributed by atoms with Crippen molar-refractivity contribution < 1.29 is 4.79 Å². The lowest BCUT2D eigenvalue weighted by Crippen LogP contribution is -2.28. The molecule has 90 valence electrons. The summed E-state index contributed by atoms with van der Waals surface area (Å²) in [5.41, 5.74) is 2.43. The van der Waals surface area contributed by atoms with Gasteiger partial charge in [0.2, 0.25) is 5.91 Å². The van der Waals surface area contributed by atoms with Crippen LogP contribution >= 0.6 is 0 Å². The highest BCUT2D eigenvalue weighted by molar-refractivity contribution is 5.72. The van der Waals surface area contributed by atoms with Gasteiger partial charge in [0.15, 0.2) is 5.65 Å². The number of carbonyl (C=O) groups is 1. The first-order valence-electron chi connectivity index (χ1n) is 5.31. The van der Waals surface area contributed by atoms with Gasteiger partial charge in [0.1, 0.15) is 0 Å². The number of nitrogens with zero attached hydrogens (tertiary/aromatic N) is 2. The summed E-state index contributed by atoms with van der Waals surface area (Å²) in [4.78, 5) is 27.3. The Morgan fingerprint density at radius 3 is 2.88 bits per heavy atom. The van der Waals surface area contributed by atoms with Gasteiger partial charge in [-0.05, 0) is 13.8 Å². The van der Waals surface area contributed by atoms with Crippen molar-refractivity contribution in [1.82, 2.24) is 19.9 Å². The Labute approximate surface area is 97.7 Å². The molecule has 0 aliphatic rings. The average Bonchev–Trinajstić information content (AvgIpc) is 2.58. The maximum atomic E-state index is 12.1. The molecule has 0 radical (unpaired) electrons. The molecule has 2 N–H and O–H groups in total. The van der Waals surface area contributed by atoms with E-state index in [1.54, 1.807) is 13.0 Å². The van der Waals surface area contributed by atoms with E-state index in [0.29, 0.717) is 16.9 Å². The van der Waals surface area contributed by atoms with E-state index >= 15 is 0 Å². The first-order valence-corrected chi connectivity index (χ1v) is 5.31. The molecule has 0 aliphatic carbocycles. The van der Waals surface area contributed by atoms with Gasteiger partial charge < -0.3 is 5.32 Å². The Balaban J connectivity index is 2.55. The molecule has 2 aromatic rings. The zero-order valence-electron chi connectivity index (χ0n) is 10.00. The highest BCUT2D eigenvalue weighted by Crippen LogP contribution is 2.04. The van der Waals surface area contributed by atoms with Gasteiger partial charge in [-0.25, -0.2) is 9.50 Å². The molecule has 0 spiro atoms. The first-order chi connectivity index (χ1) is 7.99.